The predicted molar refractivity (Wildman–Crippen MR) is 130 cm³/mol. The maximum Gasteiger partial charge on any atom is 0.338 e. The van der Waals surface area contributed by atoms with Crippen LogP contribution >= 0.6 is 0 Å². The fourth-order valence-electron chi connectivity index (χ4n) is 3.97. The van der Waals surface area contributed by atoms with Crippen molar-refractivity contribution < 1.29 is 9.53 Å². The molecule has 3 aromatic carbocycles. The number of benzene rings is 3. The zero-order chi connectivity index (χ0) is 23.4. The van der Waals surface area contributed by atoms with Gasteiger partial charge in [0.15, 0.2) is 0 Å². The van der Waals surface area contributed by atoms with E-state index >= 15 is 0 Å². The summed E-state index contributed by atoms with van der Waals surface area (Å²) in [5, 5.41) is 3.50. The van der Waals surface area contributed by atoms with Crippen molar-refractivity contribution in [2.45, 2.75) is 19.9 Å². The number of rotatable bonds is 7. The topological polar surface area (TPSA) is 65.3 Å². The van der Waals surface area contributed by atoms with Gasteiger partial charge >= 0.3 is 5.97 Å². The third kappa shape index (κ3) is 4.46. The smallest absolute Gasteiger partial charge is 0.338 e. The number of carbonyl (C=O) groups is 1. The second-order valence-corrected chi connectivity index (χ2v) is 7.76. The minimum Gasteiger partial charge on any atom is -0.462 e. The lowest BCUT2D eigenvalue weighted by Gasteiger charge is -2.20. The molecular formula is C27H27N3O3. The number of nitrogens with zero attached hydrogens (tertiary/aromatic N) is 2. The normalized spacial score (nSPS) is 11.7. The van der Waals surface area contributed by atoms with E-state index in [0.29, 0.717) is 17.7 Å². The average Bonchev–Trinajstić information content (AvgIpc) is 3.07. The van der Waals surface area contributed by atoms with Crippen molar-refractivity contribution >= 4 is 11.7 Å². The Labute approximate surface area is 193 Å². The van der Waals surface area contributed by atoms with Crippen molar-refractivity contribution in [3.63, 3.8) is 0 Å². The molecule has 168 valence electrons. The molecular weight excluding hydrogens is 414 g/mol. The van der Waals surface area contributed by atoms with E-state index in [9.17, 15) is 9.59 Å². The van der Waals surface area contributed by atoms with Crippen molar-refractivity contribution in [1.82, 2.24) is 9.36 Å². The molecule has 0 amide bonds. The quantitative estimate of drug-likeness (QED) is 0.416. The number of anilines is 1. The third-order valence-electron chi connectivity index (χ3n) is 5.73. The molecule has 1 aromatic heterocycles. The fourth-order valence-corrected chi connectivity index (χ4v) is 3.97. The lowest BCUT2D eigenvalue weighted by Crippen LogP contribution is -2.24. The van der Waals surface area contributed by atoms with Crippen LogP contribution in [0.1, 0.15) is 40.1 Å². The molecule has 33 heavy (non-hydrogen) atoms. The van der Waals surface area contributed by atoms with Gasteiger partial charge in [0.25, 0.3) is 5.56 Å². The summed E-state index contributed by atoms with van der Waals surface area (Å²) in [6, 6.07) is 26.2. The van der Waals surface area contributed by atoms with Crippen molar-refractivity contribution in [3.8, 4) is 5.69 Å². The highest BCUT2D eigenvalue weighted by atomic mass is 16.5. The number of carbonyl (C=O) groups excluding carboxylic acids is 1. The van der Waals surface area contributed by atoms with Gasteiger partial charge in [0.1, 0.15) is 0 Å². The van der Waals surface area contributed by atoms with Crippen LogP contribution in [0.25, 0.3) is 5.69 Å². The van der Waals surface area contributed by atoms with Gasteiger partial charge in [-0.25, -0.2) is 9.48 Å². The molecule has 1 unspecified atom stereocenters. The summed E-state index contributed by atoms with van der Waals surface area (Å²) >= 11 is 0. The highest BCUT2D eigenvalue weighted by molar-refractivity contribution is 5.89. The SMILES string of the molecule is CCOC(=O)c1ccc(NC(c2ccccc2)c2c(C)n(C)n(-c3ccccc3)c2=O)cc1. The van der Waals surface area contributed by atoms with Crippen LogP contribution in [0.4, 0.5) is 5.69 Å². The van der Waals surface area contributed by atoms with Gasteiger partial charge in [-0.3, -0.25) is 9.48 Å². The molecule has 6 heteroatoms. The Kier molecular flexibility index (Phi) is 6.45. The van der Waals surface area contributed by atoms with E-state index in [1.165, 1.54) is 0 Å². The number of hydrogen-bond acceptors (Lipinski definition) is 4. The second kappa shape index (κ2) is 9.61. The summed E-state index contributed by atoms with van der Waals surface area (Å²) < 4.78 is 8.64. The molecule has 0 aliphatic heterocycles. The van der Waals surface area contributed by atoms with Gasteiger partial charge in [-0.15, -0.1) is 0 Å². The van der Waals surface area contributed by atoms with Crippen molar-refractivity contribution in [2.75, 3.05) is 11.9 Å². The summed E-state index contributed by atoms with van der Waals surface area (Å²) in [4.78, 5) is 25.7. The summed E-state index contributed by atoms with van der Waals surface area (Å²) in [5.74, 6) is -0.353. The largest absolute Gasteiger partial charge is 0.462 e. The summed E-state index contributed by atoms with van der Waals surface area (Å²) in [7, 11) is 1.89. The van der Waals surface area contributed by atoms with E-state index in [0.717, 1.165) is 22.6 Å². The summed E-state index contributed by atoms with van der Waals surface area (Å²) in [5.41, 5.74) is 4.52. The van der Waals surface area contributed by atoms with Gasteiger partial charge in [0.05, 0.1) is 29.5 Å². The third-order valence-corrected chi connectivity index (χ3v) is 5.73. The first-order valence-electron chi connectivity index (χ1n) is 10.9. The molecule has 0 radical (unpaired) electrons. The van der Waals surface area contributed by atoms with Crippen LogP contribution in [0.3, 0.4) is 0 Å². The van der Waals surface area contributed by atoms with Crippen LogP contribution in [0, 0.1) is 6.92 Å². The van der Waals surface area contributed by atoms with Crippen LogP contribution in [-0.2, 0) is 11.8 Å². The maximum atomic E-state index is 13.7. The van der Waals surface area contributed by atoms with Gasteiger partial charge in [0.2, 0.25) is 0 Å². The van der Waals surface area contributed by atoms with Gasteiger partial charge in [-0.2, -0.15) is 0 Å². The van der Waals surface area contributed by atoms with E-state index in [2.05, 4.69) is 5.32 Å². The first kappa shape index (κ1) is 22.1. The van der Waals surface area contributed by atoms with Crippen LogP contribution < -0.4 is 10.9 Å². The van der Waals surface area contributed by atoms with Crippen molar-refractivity contribution in [1.29, 1.82) is 0 Å². The Hall–Kier alpha value is -4.06. The van der Waals surface area contributed by atoms with E-state index in [-0.39, 0.29) is 17.6 Å². The van der Waals surface area contributed by atoms with Crippen LogP contribution in [0.2, 0.25) is 0 Å². The molecule has 4 rings (SSSR count). The Balaban J connectivity index is 1.77. The summed E-state index contributed by atoms with van der Waals surface area (Å²) in [6.07, 6.45) is 0. The first-order valence-corrected chi connectivity index (χ1v) is 10.9. The monoisotopic (exact) mass is 441 g/mol. The molecule has 1 atom stereocenters. The summed E-state index contributed by atoms with van der Waals surface area (Å²) in [6.45, 7) is 4.07. The minimum atomic E-state index is -0.372. The molecule has 0 aliphatic rings. The molecule has 4 aromatic rings. The van der Waals surface area contributed by atoms with Crippen LogP contribution in [0.5, 0.6) is 0 Å². The van der Waals surface area contributed by atoms with Gasteiger partial charge in [0, 0.05) is 18.4 Å². The number of ether oxygens (including phenoxy) is 1. The number of aromatic nitrogens is 2. The van der Waals surface area contributed by atoms with Gasteiger partial charge in [-0.1, -0.05) is 48.5 Å². The lowest BCUT2D eigenvalue weighted by molar-refractivity contribution is 0.0526. The zero-order valence-corrected chi connectivity index (χ0v) is 19.0. The molecule has 1 heterocycles. The Morgan fingerprint density at radius 1 is 0.939 bits per heavy atom. The number of nitrogens with one attached hydrogen (secondary N) is 1. The molecule has 6 nitrogen and oxygen atoms in total. The average molecular weight is 442 g/mol. The molecule has 1 N–H and O–H groups in total. The Morgan fingerprint density at radius 3 is 2.15 bits per heavy atom. The van der Waals surface area contributed by atoms with E-state index in [1.807, 2.05) is 91.4 Å². The standard InChI is InChI=1S/C27H27N3O3/c1-4-33-27(32)21-15-17-22(18-16-21)28-25(20-11-7-5-8-12-20)24-19(2)29(3)30(26(24)31)23-13-9-6-10-14-23/h5-18,25,28H,4H2,1-3H3. The molecule has 0 saturated heterocycles. The molecule has 0 spiro atoms. The number of para-hydroxylation sites is 1. The fraction of sp³-hybridized carbons (Fsp3) is 0.185. The minimum absolute atomic E-state index is 0.0781. The molecule has 0 aliphatic carbocycles. The highest BCUT2D eigenvalue weighted by Gasteiger charge is 2.25. The van der Waals surface area contributed by atoms with Crippen molar-refractivity contribution in [3.05, 3.63) is 118 Å². The van der Waals surface area contributed by atoms with Gasteiger partial charge < -0.3 is 10.1 Å². The van der Waals surface area contributed by atoms with Crippen LogP contribution in [0.15, 0.2) is 89.7 Å². The highest BCUT2D eigenvalue weighted by Crippen LogP contribution is 2.28. The lowest BCUT2D eigenvalue weighted by atomic mass is 9.98. The van der Waals surface area contributed by atoms with Crippen molar-refractivity contribution in [2.24, 2.45) is 7.05 Å². The molecule has 0 fully saturated rings. The predicted octanol–water partition coefficient (Wildman–Crippen LogP) is 4.86. The molecule has 0 saturated carbocycles. The van der Waals surface area contributed by atoms with E-state index < -0.39 is 0 Å². The van der Waals surface area contributed by atoms with Crippen LogP contribution in [-0.4, -0.2) is 21.9 Å². The number of esters is 1. The van der Waals surface area contributed by atoms with E-state index in [1.54, 1.807) is 23.7 Å². The first-order chi connectivity index (χ1) is 16.0. The zero-order valence-electron chi connectivity index (χ0n) is 19.0. The Bertz CT molecular complexity index is 1290. The second-order valence-electron chi connectivity index (χ2n) is 7.76. The molecule has 0 bridgehead atoms. The van der Waals surface area contributed by atoms with Gasteiger partial charge in [-0.05, 0) is 55.8 Å². The van der Waals surface area contributed by atoms with E-state index in [4.69, 9.17) is 4.74 Å². The number of hydrogen-bond donors (Lipinski definition) is 1. The maximum absolute atomic E-state index is 13.7. The Morgan fingerprint density at radius 2 is 1.55 bits per heavy atom.